The molecule has 0 aromatic carbocycles. The molecule has 0 aliphatic heterocycles. The average Bonchev–Trinajstić information content (AvgIpc) is 2.27. The molecule has 0 unspecified atom stereocenters. The molecule has 0 spiro atoms. The molecule has 17 heavy (non-hydrogen) atoms. The van der Waals surface area contributed by atoms with Gasteiger partial charge in [-0.2, -0.15) is 0 Å². The zero-order valence-electron chi connectivity index (χ0n) is 9.44. The Labute approximate surface area is 109 Å². The summed E-state index contributed by atoms with van der Waals surface area (Å²) in [6.07, 6.45) is 0.0920. The van der Waals surface area contributed by atoms with Crippen LogP contribution in [0.15, 0.2) is 6.07 Å². The fourth-order valence-electron chi connectivity index (χ4n) is 0.992. The second-order valence-electron chi connectivity index (χ2n) is 3.43. The van der Waals surface area contributed by atoms with Crippen molar-refractivity contribution in [2.24, 2.45) is 0 Å². The van der Waals surface area contributed by atoms with Crippen LogP contribution in [0.1, 0.15) is 24.2 Å². The lowest BCUT2D eigenvalue weighted by atomic mass is 10.3. The van der Waals surface area contributed by atoms with E-state index < -0.39 is 5.97 Å². The summed E-state index contributed by atoms with van der Waals surface area (Å²) >= 11 is 11.3. The Balaban J connectivity index is 2.49. The van der Waals surface area contributed by atoms with Gasteiger partial charge in [0, 0.05) is 0 Å². The summed E-state index contributed by atoms with van der Waals surface area (Å²) < 4.78 is 10.2. The van der Waals surface area contributed by atoms with Crippen LogP contribution in [0.4, 0.5) is 0 Å². The van der Waals surface area contributed by atoms with Gasteiger partial charge in [-0.05, 0) is 19.9 Å². The fraction of sp³-hybridized carbons (Fsp3) is 0.500. The Kier molecular flexibility index (Phi) is 5.61. The molecule has 0 fully saturated rings. The summed E-state index contributed by atoms with van der Waals surface area (Å²) in [5.41, 5.74) is 0.0937. The SMILES string of the molecule is CC(C)OCCOC(=O)c1cc(Cl)nnc1Cl. The van der Waals surface area contributed by atoms with Crippen molar-refractivity contribution in [2.75, 3.05) is 13.2 Å². The standard InChI is InChI=1S/C10H12Cl2N2O3/c1-6(2)16-3-4-17-10(15)7-5-8(11)13-14-9(7)12/h5-6H,3-4H2,1-2H3. The number of esters is 1. The van der Waals surface area contributed by atoms with Gasteiger partial charge in [-0.25, -0.2) is 4.79 Å². The number of carbonyl (C=O) groups excluding carboxylic acids is 1. The maximum Gasteiger partial charge on any atom is 0.341 e. The second-order valence-corrected chi connectivity index (χ2v) is 4.17. The largest absolute Gasteiger partial charge is 0.460 e. The molecular formula is C10H12Cl2N2O3. The normalized spacial score (nSPS) is 10.6. The molecule has 0 saturated carbocycles. The van der Waals surface area contributed by atoms with E-state index in [1.807, 2.05) is 13.8 Å². The van der Waals surface area contributed by atoms with Gasteiger partial charge in [0.25, 0.3) is 0 Å². The molecule has 7 heteroatoms. The second kappa shape index (κ2) is 6.74. The van der Waals surface area contributed by atoms with Gasteiger partial charge < -0.3 is 9.47 Å². The minimum Gasteiger partial charge on any atom is -0.460 e. The number of halogens is 2. The molecule has 1 aromatic rings. The third-order valence-electron chi connectivity index (χ3n) is 1.71. The van der Waals surface area contributed by atoms with Crippen LogP contribution in [0.3, 0.4) is 0 Å². The summed E-state index contributed by atoms with van der Waals surface area (Å²) in [5, 5.41) is 7.05. The highest BCUT2D eigenvalue weighted by molar-refractivity contribution is 6.33. The first kappa shape index (κ1) is 14.2. The monoisotopic (exact) mass is 278 g/mol. The lowest BCUT2D eigenvalue weighted by Gasteiger charge is -2.08. The van der Waals surface area contributed by atoms with Crippen molar-refractivity contribution in [3.05, 3.63) is 21.9 Å². The first-order valence-corrected chi connectivity index (χ1v) is 5.73. The van der Waals surface area contributed by atoms with E-state index in [4.69, 9.17) is 32.7 Å². The van der Waals surface area contributed by atoms with Crippen molar-refractivity contribution in [3.8, 4) is 0 Å². The number of ether oxygens (including phenoxy) is 2. The van der Waals surface area contributed by atoms with Crippen LogP contribution in [0.2, 0.25) is 10.3 Å². The first-order valence-electron chi connectivity index (χ1n) is 4.98. The highest BCUT2D eigenvalue weighted by Gasteiger charge is 2.14. The van der Waals surface area contributed by atoms with Crippen LogP contribution in [-0.4, -0.2) is 35.5 Å². The van der Waals surface area contributed by atoms with Crippen molar-refractivity contribution in [2.45, 2.75) is 20.0 Å². The third-order valence-corrected chi connectivity index (χ3v) is 2.17. The van der Waals surface area contributed by atoms with Gasteiger partial charge in [-0.1, -0.05) is 23.2 Å². The highest BCUT2D eigenvalue weighted by atomic mass is 35.5. The minimum absolute atomic E-state index is 0.0378. The summed E-state index contributed by atoms with van der Waals surface area (Å²) in [5.74, 6) is -0.598. The van der Waals surface area contributed by atoms with E-state index in [1.165, 1.54) is 6.07 Å². The highest BCUT2D eigenvalue weighted by Crippen LogP contribution is 2.16. The molecule has 5 nitrogen and oxygen atoms in total. The Hall–Kier alpha value is -0.910. The van der Waals surface area contributed by atoms with Crippen LogP contribution in [0.25, 0.3) is 0 Å². The van der Waals surface area contributed by atoms with E-state index >= 15 is 0 Å². The van der Waals surface area contributed by atoms with E-state index in [2.05, 4.69) is 10.2 Å². The van der Waals surface area contributed by atoms with Crippen molar-refractivity contribution in [1.29, 1.82) is 0 Å². The van der Waals surface area contributed by atoms with Gasteiger partial charge in [0.1, 0.15) is 12.2 Å². The number of hydrogen-bond donors (Lipinski definition) is 0. The summed E-state index contributed by atoms with van der Waals surface area (Å²) in [6.45, 7) is 4.26. The maximum atomic E-state index is 11.6. The van der Waals surface area contributed by atoms with Crippen LogP contribution in [-0.2, 0) is 9.47 Å². The molecule has 0 aliphatic rings. The van der Waals surface area contributed by atoms with E-state index in [0.717, 1.165) is 0 Å². The Morgan fingerprint density at radius 2 is 2.06 bits per heavy atom. The number of aromatic nitrogens is 2. The Bertz CT molecular complexity index is 399. The summed E-state index contributed by atoms with van der Waals surface area (Å²) in [6, 6.07) is 1.31. The lowest BCUT2D eigenvalue weighted by molar-refractivity contribution is 0.0176. The molecular weight excluding hydrogens is 267 g/mol. The van der Waals surface area contributed by atoms with E-state index in [0.29, 0.717) is 6.61 Å². The van der Waals surface area contributed by atoms with Crippen LogP contribution in [0.5, 0.6) is 0 Å². The van der Waals surface area contributed by atoms with Crippen LogP contribution in [0, 0.1) is 0 Å². The van der Waals surface area contributed by atoms with E-state index in [1.54, 1.807) is 0 Å². The molecule has 0 N–H and O–H groups in total. The van der Waals surface area contributed by atoms with Gasteiger partial charge in [0.05, 0.1) is 12.7 Å². The summed E-state index contributed by atoms with van der Waals surface area (Å²) in [7, 11) is 0. The van der Waals surface area contributed by atoms with Crippen LogP contribution < -0.4 is 0 Å². The van der Waals surface area contributed by atoms with Crippen LogP contribution >= 0.6 is 23.2 Å². The number of carbonyl (C=O) groups is 1. The first-order chi connectivity index (χ1) is 8.00. The van der Waals surface area contributed by atoms with Gasteiger partial charge in [-0.15, -0.1) is 10.2 Å². The van der Waals surface area contributed by atoms with Gasteiger partial charge in [0.15, 0.2) is 10.3 Å². The van der Waals surface area contributed by atoms with Gasteiger partial charge in [0.2, 0.25) is 0 Å². The molecule has 1 rings (SSSR count). The van der Waals surface area contributed by atoms with E-state index in [9.17, 15) is 4.79 Å². The fourth-order valence-corrected chi connectivity index (χ4v) is 1.31. The summed E-state index contributed by atoms with van der Waals surface area (Å²) in [4.78, 5) is 11.6. The molecule has 0 bridgehead atoms. The molecule has 1 aromatic heterocycles. The van der Waals surface area contributed by atoms with Gasteiger partial charge >= 0.3 is 5.97 Å². The zero-order chi connectivity index (χ0) is 12.8. The lowest BCUT2D eigenvalue weighted by Crippen LogP contribution is -2.14. The average molecular weight is 279 g/mol. The van der Waals surface area contributed by atoms with Gasteiger partial charge in [-0.3, -0.25) is 0 Å². The third kappa shape index (κ3) is 4.85. The number of nitrogens with zero attached hydrogens (tertiary/aromatic N) is 2. The predicted octanol–water partition coefficient (Wildman–Crippen LogP) is 2.37. The number of rotatable bonds is 5. The molecule has 94 valence electrons. The Morgan fingerprint density at radius 1 is 1.35 bits per heavy atom. The van der Waals surface area contributed by atoms with Crippen molar-refractivity contribution >= 4 is 29.2 Å². The molecule has 0 saturated heterocycles. The van der Waals surface area contributed by atoms with Crippen molar-refractivity contribution in [1.82, 2.24) is 10.2 Å². The molecule has 0 radical (unpaired) electrons. The van der Waals surface area contributed by atoms with E-state index in [-0.39, 0.29) is 28.6 Å². The number of hydrogen-bond acceptors (Lipinski definition) is 5. The molecule has 0 atom stereocenters. The zero-order valence-corrected chi connectivity index (χ0v) is 11.0. The Morgan fingerprint density at radius 3 is 2.71 bits per heavy atom. The minimum atomic E-state index is -0.598. The molecule has 1 heterocycles. The molecule has 0 aliphatic carbocycles. The topological polar surface area (TPSA) is 61.3 Å². The quantitative estimate of drug-likeness (QED) is 0.611. The van der Waals surface area contributed by atoms with Crippen molar-refractivity contribution in [3.63, 3.8) is 0 Å². The van der Waals surface area contributed by atoms with Crippen molar-refractivity contribution < 1.29 is 14.3 Å². The predicted molar refractivity (Wildman–Crippen MR) is 63.4 cm³/mol. The molecule has 0 amide bonds. The smallest absolute Gasteiger partial charge is 0.341 e. The maximum absolute atomic E-state index is 11.6.